The van der Waals surface area contributed by atoms with Crippen LogP contribution in [0.3, 0.4) is 0 Å². The van der Waals surface area contributed by atoms with Crippen LogP contribution in [0.4, 0.5) is 0 Å². The van der Waals surface area contributed by atoms with Crippen LogP contribution >= 0.6 is 11.3 Å². The Labute approximate surface area is 119 Å². The maximum atomic E-state index is 4.73. The number of hydrogen-bond acceptors (Lipinski definition) is 3. The monoisotopic (exact) mass is 274 g/mol. The molecule has 1 N–H and O–H groups in total. The Morgan fingerprint density at radius 1 is 1.26 bits per heavy atom. The van der Waals surface area contributed by atoms with Crippen molar-refractivity contribution in [1.82, 2.24) is 10.3 Å². The van der Waals surface area contributed by atoms with Gasteiger partial charge in [-0.15, -0.1) is 11.3 Å². The molecule has 1 heterocycles. The van der Waals surface area contributed by atoms with Crippen LogP contribution in [0.5, 0.6) is 0 Å². The average Bonchev–Trinajstić information content (AvgIpc) is 2.83. The smallest absolute Gasteiger partial charge is 0.0972 e. The number of thiazole rings is 1. The van der Waals surface area contributed by atoms with E-state index < -0.39 is 0 Å². The second kappa shape index (κ2) is 6.31. The first-order valence-electron chi connectivity index (χ1n) is 6.84. The number of nitrogens with zero attached hydrogens (tertiary/aromatic N) is 1. The van der Waals surface area contributed by atoms with Crippen LogP contribution in [-0.4, -0.2) is 11.5 Å². The average molecular weight is 274 g/mol. The summed E-state index contributed by atoms with van der Waals surface area (Å²) in [5.41, 5.74) is 5.21. The van der Waals surface area contributed by atoms with Crippen molar-refractivity contribution < 1.29 is 0 Å². The number of nitrogens with one attached hydrogen (secondary N) is 1. The fourth-order valence-corrected chi connectivity index (χ4v) is 3.03. The van der Waals surface area contributed by atoms with Crippen molar-refractivity contribution in [3.8, 4) is 0 Å². The van der Waals surface area contributed by atoms with Crippen molar-refractivity contribution in [1.29, 1.82) is 0 Å². The molecule has 0 amide bonds. The van der Waals surface area contributed by atoms with E-state index in [4.69, 9.17) is 4.98 Å². The predicted molar refractivity (Wildman–Crippen MR) is 82.9 cm³/mol. The van der Waals surface area contributed by atoms with Gasteiger partial charge in [0.15, 0.2) is 0 Å². The molecule has 0 fully saturated rings. The van der Waals surface area contributed by atoms with Crippen LogP contribution in [-0.2, 0) is 6.42 Å². The summed E-state index contributed by atoms with van der Waals surface area (Å²) >= 11 is 1.76. The molecule has 0 aliphatic rings. The number of benzene rings is 1. The quantitative estimate of drug-likeness (QED) is 0.890. The van der Waals surface area contributed by atoms with Crippen LogP contribution in [0.2, 0.25) is 0 Å². The highest BCUT2D eigenvalue weighted by molar-refractivity contribution is 7.09. The third kappa shape index (κ3) is 3.64. The van der Waals surface area contributed by atoms with Crippen molar-refractivity contribution in [2.45, 2.75) is 40.2 Å². The summed E-state index contributed by atoms with van der Waals surface area (Å²) in [5.74, 6) is 0. The van der Waals surface area contributed by atoms with Crippen molar-refractivity contribution in [2.24, 2.45) is 0 Å². The first-order valence-corrected chi connectivity index (χ1v) is 7.72. The van der Waals surface area contributed by atoms with Gasteiger partial charge in [0.05, 0.1) is 10.7 Å². The van der Waals surface area contributed by atoms with Gasteiger partial charge in [-0.05, 0) is 44.0 Å². The van der Waals surface area contributed by atoms with Gasteiger partial charge in [-0.25, -0.2) is 4.98 Å². The second-order valence-corrected chi connectivity index (χ2v) is 5.98. The molecule has 2 aromatic rings. The summed E-state index contributed by atoms with van der Waals surface area (Å²) in [6.45, 7) is 9.58. The van der Waals surface area contributed by atoms with E-state index in [0.717, 1.165) is 18.7 Å². The molecule has 0 saturated carbocycles. The molecule has 0 radical (unpaired) electrons. The molecule has 1 atom stereocenters. The highest BCUT2D eigenvalue weighted by atomic mass is 32.1. The van der Waals surface area contributed by atoms with E-state index in [1.807, 2.05) is 0 Å². The van der Waals surface area contributed by atoms with Gasteiger partial charge >= 0.3 is 0 Å². The van der Waals surface area contributed by atoms with E-state index in [1.165, 1.54) is 21.7 Å². The topological polar surface area (TPSA) is 24.9 Å². The zero-order chi connectivity index (χ0) is 13.8. The van der Waals surface area contributed by atoms with Gasteiger partial charge in [0, 0.05) is 17.8 Å². The van der Waals surface area contributed by atoms with Crippen LogP contribution in [0.15, 0.2) is 23.6 Å². The molecule has 1 unspecified atom stereocenters. The fraction of sp³-hybridized carbons (Fsp3) is 0.438. The Kier molecular flexibility index (Phi) is 4.72. The summed E-state index contributed by atoms with van der Waals surface area (Å²) < 4.78 is 0. The minimum absolute atomic E-state index is 0.342. The predicted octanol–water partition coefficient (Wildman–Crippen LogP) is 4.02. The third-order valence-electron chi connectivity index (χ3n) is 3.45. The van der Waals surface area contributed by atoms with E-state index in [2.05, 4.69) is 56.6 Å². The Hall–Kier alpha value is -1.19. The van der Waals surface area contributed by atoms with Crippen molar-refractivity contribution >= 4 is 11.3 Å². The molecule has 0 aliphatic carbocycles. The highest BCUT2D eigenvalue weighted by Gasteiger charge is 2.09. The van der Waals surface area contributed by atoms with E-state index in [1.54, 1.807) is 11.3 Å². The number of aryl methyl sites for hydroxylation is 2. The molecule has 2 nitrogen and oxygen atoms in total. The van der Waals surface area contributed by atoms with Gasteiger partial charge in [-0.3, -0.25) is 0 Å². The van der Waals surface area contributed by atoms with Crippen LogP contribution < -0.4 is 5.32 Å². The molecular formula is C16H22N2S. The summed E-state index contributed by atoms with van der Waals surface area (Å²) in [6, 6.07) is 7.01. The zero-order valence-corrected chi connectivity index (χ0v) is 13.0. The van der Waals surface area contributed by atoms with Crippen LogP contribution in [0, 0.1) is 13.8 Å². The molecule has 19 heavy (non-hydrogen) atoms. The fourth-order valence-electron chi connectivity index (χ4n) is 2.10. The normalized spacial score (nSPS) is 12.6. The molecule has 102 valence electrons. The van der Waals surface area contributed by atoms with Gasteiger partial charge in [-0.1, -0.05) is 25.1 Å². The molecule has 3 heteroatoms. The Balaban J connectivity index is 2.09. The lowest BCUT2D eigenvalue weighted by atomic mass is 10.0. The summed E-state index contributed by atoms with van der Waals surface area (Å²) in [6.07, 6.45) is 0.935. The number of rotatable bonds is 5. The van der Waals surface area contributed by atoms with Crippen molar-refractivity contribution in [3.05, 3.63) is 51.0 Å². The second-order valence-electron chi connectivity index (χ2n) is 5.04. The van der Waals surface area contributed by atoms with Gasteiger partial charge < -0.3 is 5.32 Å². The Morgan fingerprint density at radius 3 is 2.74 bits per heavy atom. The molecule has 1 aromatic heterocycles. The van der Waals surface area contributed by atoms with E-state index in [9.17, 15) is 0 Å². The summed E-state index contributed by atoms with van der Waals surface area (Å²) in [7, 11) is 0. The highest BCUT2D eigenvalue weighted by Crippen LogP contribution is 2.20. The van der Waals surface area contributed by atoms with Gasteiger partial charge in [0.1, 0.15) is 0 Å². The molecule has 2 rings (SSSR count). The summed E-state index contributed by atoms with van der Waals surface area (Å²) in [5, 5.41) is 6.77. The minimum atomic E-state index is 0.342. The molecule has 0 saturated heterocycles. The first kappa shape index (κ1) is 14.2. The van der Waals surface area contributed by atoms with Crippen LogP contribution in [0.1, 0.15) is 47.3 Å². The van der Waals surface area contributed by atoms with Crippen molar-refractivity contribution in [2.75, 3.05) is 6.54 Å². The van der Waals surface area contributed by atoms with Crippen LogP contribution in [0.25, 0.3) is 0 Å². The lowest BCUT2D eigenvalue weighted by Gasteiger charge is -2.08. The van der Waals surface area contributed by atoms with Gasteiger partial charge in [0.2, 0.25) is 0 Å². The zero-order valence-electron chi connectivity index (χ0n) is 12.2. The molecule has 0 spiro atoms. The Morgan fingerprint density at radius 2 is 2.05 bits per heavy atom. The third-order valence-corrected chi connectivity index (χ3v) is 4.32. The molecule has 1 aromatic carbocycles. The van der Waals surface area contributed by atoms with E-state index in [0.29, 0.717) is 6.04 Å². The molecule has 0 aliphatic heterocycles. The molecule has 0 bridgehead atoms. The lowest BCUT2D eigenvalue weighted by molar-refractivity contribution is 0.585. The minimum Gasteiger partial charge on any atom is -0.309 e. The maximum Gasteiger partial charge on any atom is 0.0972 e. The molecular weight excluding hydrogens is 252 g/mol. The van der Waals surface area contributed by atoms with Crippen molar-refractivity contribution in [3.63, 3.8) is 0 Å². The van der Waals surface area contributed by atoms with E-state index in [-0.39, 0.29) is 0 Å². The lowest BCUT2D eigenvalue weighted by Crippen LogP contribution is -2.17. The van der Waals surface area contributed by atoms with Gasteiger partial charge in [-0.2, -0.15) is 0 Å². The maximum absolute atomic E-state index is 4.73. The Bertz CT molecular complexity index is 545. The SMILES string of the molecule is CCNC(C)c1csc(Cc2ccc(C)c(C)c2)n1. The number of aromatic nitrogens is 1. The first-order chi connectivity index (χ1) is 9.10. The van der Waals surface area contributed by atoms with Gasteiger partial charge in [0.25, 0.3) is 0 Å². The number of hydrogen-bond donors (Lipinski definition) is 1. The summed E-state index contributed by atoms with van der Waals surface area (Å²) in [4.78, 5) is 4.73. The standard InChI is InChI=1S/C16H22N2S/c1-5-17-13(4)15-10-19-16(18-15)9-14-7-6-11(2)12(3)8-14/h6-8,10,13,17H,5,9H2,1-4H3. The van der Waals surface area contributed by atoms with E-state index >= 15 is 0 Å². The largest absolute Gasteiger partial charge is 0.309 e.